The van der Waals surface area contributed by atoms with Crippen molar-refractivity contribution < 1.29 is 9.50 Å². The lowest BCUT2D eigenvalue weighted by Gasteiger charge is -2.13. The van der Waals surface area contributed by atoms with Gasteiger partial charge in [0, 0.05) is 40.5 Å². The maximum absolute atomic E-state index is 13.4. The number of hydrogen-bond donors (Lipinski definition) is 2. The molecule has 6 heteroatoms. The second kappa shape index (κ2) is 7.49. The van der Waals surface area contributed by atoms with Gasteiger partial charge in [0.2, 0.25) is 0 Å². The predicted molar refractivity (Wildman–Crippen MR) is 96.9 cm³/mol. The van der Waals surface area contributed by atoms with E-state index in [4.69, 9.17) is 16.6 Å². The number of phenolic OH excluding ortho intramolecular Hbond substituents is 1. The molecule has 4 nitrogen and oxygen atoms in total. The molecule has 0 bridgehead atoms. The van der Waals surface area contributed by atoms with E-state index in [9.17, 15) is 9.50 Å². The van der Waals surface area contributed by atoms with E-state index in [0.717, 1.165) is 17.3 Å². The van der Waals surface area contributed by atoms with Crippen LogP contribution >= 0.6 is 11.6 Å². The lowest BCUT2D eigenvalue weighted by Crippen LogP contribution is -2.11. The summed E-state index contributed by atoms with van der Waals surface area (Å²) in [4.78, 5) is 11.8. The van der Waals surface area contributed by atoms with Crippen LogP contribution in [0, 0.1) is 5.82 Å². The van der Waals surface area contributed by atoms with Gasteiger partial charge in [0.25, 0.3) is 0 Å². The Kier molecular flexibility index (Phi) is 5.14. The lowest BCUT2D eigenvalue weighted by molar-refractivity contribution is 0.468. The standard InChI is InChI=1S/C19H17ClFN3O/c1-12(8-16-10-22-11-23-16)24-19(13-2-4-14(20)5-3-13)17-7-6-15(21)9-18(17)25/h2-7,9-12,25H,8H2,1H3,(H,22,23)/t12-/m1/s1. The van der Waals surface area contributed by atoms with E-state index in [2.05, 4.69) is 9.97 Å². The average molecular weight is 358 g/mol. The first-order chi connectivity index (χ1) is 12.0. The zero-order chi connectivity index (χ0) is 17.8. The molecule has 2 aromatic carbocycles. The summed E-state index contributed by atoms with van der Waals surface area (Å²) in [6, 6.07) is 11.0. The molecule has 128 valence electrons. The van der Waals surface area contributed by atoms with E-state index in [1.807, 2.05) is 19.1 Å². The Labute approximate surface area is 150 Å². The SMILES string of the molecule is C[C@H](Cc1cnc[nH]1)N=C(c1ccc(Cl)cc1)c1ccc(F)cc1O. The summed E-state index contributed by atoms with van der Waals surface area (Å²) in [7, 11) is 0. The quantitative estimate of drug-likeness (QED) is 0.666. The number of hydrogen-bond acceptors (Lipinski definition) is 3. The highest BCUT2D eigenvalue weighted by atomic mass is 35.5. The second-order valence-electron chi connectivity index (χ2n) is 5.78. The van der Waals surface area contributed by atoms with Crippen molar-refractivity contribution in [2.45, 2.75) is 19.4 Å². The molecule has 3 aromatic rings. The molecule has 0 amide bonds. The Morgan fingerprint density at radius 1 is 1.28 bits per heavy atom. The van der Waals surface area contributed by atoms with E-state index in [0.29, 0.717) is 22.7 Å². The zero-order valence-corrected chi connectivity index (χ0v) is 14.3. The molecule has 1 heterocycles. The van der Waals surface area contributed by atoms with Crippen molar-refractivity contribution in [2.75, 3.05) is 0 Å². The molecular formula is C19H17ClFN3O. The summed E-state index contributed by atoms with van der Waals surface area (Å²) in [6.07, 6.45) is 4.04. The number of H-pyrrole nitrogens is 1. The number of benzene rings is 2. The van der Waals surface area contributed by atoms with Crippen LogP contribution in [0.3, 0.4) is 0 Å². The number of aliphatic imine (C=N–C) groups is 1. The number of imidazole rings is 1. The molecule has 2 N–H and O–H groups in total. The van der Waals surface area contributed by atoms with Crippen LogP contribution in [0.15, 0.2) is 60.0 Å². The lowest BCUT2D eigenvalue weighted by atomic mass is 10.0. The molecule has 0 radical (unpaired) electrons. The summed E-state index contributed by atoms with van der Waals surface area (Å²) >= 11 is 5.97. The van der Waals surface area contributed by atoms with Crippen LogP contribution in [-0.2, 0) is 6.42 Å². The Hall–Kier alpha value is -2.66. The van der Waals surface area contributed by atoms with Gasteiger partial charge < -0.3 is 10.1 Å². The van der Waals surface area contributed by atoms with E-state index in [1.165, 1.54) is 12.1 Å². The number of phenols is 1. The topological polar surface area (TPSA) is 61.3 Å². The molecule has 0 fully saturated rings. The Morgan fingerprint density at radius 2 is 2.04 bits per heavy atom. The molecule has 3 rings (SSSR count). The normalized spacial score (nSPS) is 13.0. The van der Waals surface area contributed by atoms with Gasteiger partial charge in [0.15, 0.2) is 0 Å². The number of aromatic nitrogens is 2. The van der Waals surface area contributed by atoms with Gasteiger partial charge in [0.1, 0.15) is 11.6 Å². The number of rotatable bonds is 5. The van der Waals surface area contributed by atoms with Gasteiger partial charge in [-0.3, -0.25) is 4.99 Å². The van der Waals surface area contributed by atoms with Crippen molar-refractivity contribution in [1.29, 1.82) is 0 Å². The molecule has 25 heavy (non-hydrogen) atoms. The van der Waals surface area contributed by atoms with Gasteiger partial charge in [-0.25, -0.2) is 9.37 Å². The Morgan fingerprint density at radius 3 is 2.68 bits per heavy atom. The van der Waals surface area contributed by atoms with Gasteiger partial charge in [-0.2, -0.15) is 0 Å². The minimum atomic E-state index is -0.498. The molecule has 1 aromatic heterocycles. The highest BCUT2D eigenvalue weighted by molar-refractivity contribution is 6.30. The van der Waals surface area contributed by atoms with Gasteiger partial charge in [-0.15, -0.1) is 0 Å². The summed E-state index contributed by atoms with van der Waals surface area (Å²) in [5.41, 5.74) is 2.82. The molecule has 0 aliphatic rings. The zero-order valence-electron chi connectivity index (χ0n) is 13.6. The third kappa shape index (κ3) is 4.25. The van der Waals surface area contributed by atoms with Crippen molar-refractivity contribution in [3.8, 4) is 5.75 Å². The van der Waals surface area contributed by atoms with Crippen molar-refractivity contribution in [3.63, 3.8) is 0 Å². The molecule has 0 aliphatic carbocycles. The fraction of sp³-hybridized carbons (Fsp3) is 0.158. The number of nitrogens with one attached hydrogen (secondary N) is 1. The minimum Gasteiger partial charge on any atom is -0.507 e. The highest BCUT2D eigenvalue weighted by Gasteiger charge is 2.14. The molecule has 0 saturated heterocycles. The van der Waals surface area contributed by atoms with Crippen LogP contribution in [0.5, 0.6) is 5.75 Å². The van der Waals surface area contributed by atoms with Gasteiger partial charge >= 0.3 is 0 Å². The van der Waals surface area contributed by atoms with E-state index in [-0.39, 0.29) is 11.8 Å². The second-order valence-corrected chi connectivity index (χ2v) is 6.21. The Bertz CT molecular complexity index is 876. The van der Waals surface area contributed by atoms with Gasteiger partial charge in [0.05, 0.1) is 18.1 Å². The third-order valence-corrected chi connectivity index (χ3v) is 4.00. The number of aromatic hydroxyl groups is 1. The van der Waals surface area contributed by atoms with Crippen LogP contribution in [0.25, 0.3) is 0 Å². The molecule has 0 unspecified atom stereocenters. The van der Waals surface area contributed by atoms with Crippen molar-refractivity contribution in [2.24, 2.45) is 4.99 Å². The van der Waals surface area contributed by atoms with Crippen LogP contribution in [0.2, 0.25) is 5.02 Å². The Balaban J connectivity index is 2.01. The van der Waals surface area contributed by atoms with Crippen LogP contribution < -0.4 is 0 Å². The predicted octanol–water partition coefficient (Wildman–Crippen LogP) is 4.38. The van der Waals surface area contributed by atoms with E-state index < -0.39 is 5.82 Å². The average Bonchev–Trinajstić information content (AvgIpc) is 3.07. The fourth-order valence-corrected chi connectivity index (χ4v) is 2.72. The van der Waals surface area contributed by atoms with Crippen molar-refractivity contribution >= 4 is 17.3 Å². The van der Waals surface area contributed by atoms with Gasteiger partial charge in [-0.1, -0.05) is 23.7 Å². The number of nitrogens with zero attached hydrogens (tertiary/aromatic N) is 2. The number of halogens is 2. The van der Waals surface area contributed by atoms with Crippen LogP contribution in [-0.4, -0.2) is 26.8 Å². The van der Waals surface area contributed by atoms with Crippen LogP contribution in [0.4, 0.5) is 4.39 Å². The fourth-order valence-electron chi connectivity index (χ4n) is 2.59. The summed E-state index contributed by atoms with van der Waals surface area (Å²) in [6.45, 7) is 1.97. The molecule has 0 spiro atoms. The van der Waals surface area contributed by atoms with Crippen molar-refractivity contribution in [3.05, 3.63) is 82.6 Å². The van der Waals surface area contributed by atoms with E-state index >= 15 is 0 Å². The van der Waals surface area contributed by atoms with Gasteiger partial charge in [-0.05, 0) is 31.2 Å². The smallest absolute Gasteiger partial charge is 0.127 e. The van der Waals surface area contributed by atoms with Crippen LogP contribution in [0.1, 0.15) is 23.7 Å². The molecular weight excluding hydrogens is 341 g/mol. The first-order valence-electron chi connectivity index (χ1n) is 7.83. The first-order valence-corrected chi connectivity index (χ1v) is 8.20. The molecule has 0 aliphatic heterocycles. The third-order valence-electron chi connectivity index (χ3n) is 3.75. The monoisotopic (exact) mass is 357 g/mol. The molecule has 0 saturated carbocycles. The maximum Gasteiger partial charge on any atom is 0.127 e. The van der Waals surface area contributed by atoms with E-state index in [1.54, 1.807) is 24.7 Å². The largest absolute Gasteiger partial charge is 0.507 e. The first kappa shape index (κ1) is 17.2. The number of aromatic amines is 1. The summed E-state index contributed by atoms with van der Waals surface area (Å²) in [5, 5.41) is 10.8. The van der Waals surface area contributed by atoms with Crippen molar-refractivity contribution in [1.82, 2.24) is 9.97 Å². The highest BCUT2D eigenvalue weighted by Crippen LogP contribution is 2.24. The summed E-state index contributed by atoms with van der Waals surface area (Å²) in [5.74, 6) is -0.648. The molecule has 1 atom stereocenters. The maximum atomic E-state index is 13.4. The minimum absolute atomic E-state index is 0.0735. The summed E-state index contributed by atoms with van der Waals surface area (Å²) < 4.78 is 13.4.